The summed E-state index contributed by atoms with van der Waals surface area (Å²) >= 11 is 1.47. The Hall–Kier alpha value is -1.86. The molecule has 3 heterocycles. The first-order chi connectivity index (χ1) is 11.9. The molecule has 4 nitrogen and oxygen atoms in total. The van der Waals surface area contributed by atoms with E-state index in [0.29, 0.717) is 6.54 Å². The van der Waals surface area contributed by atoms with Crippen LogP contribution in [0.5, 0.6) is 0 Å². The van der Waals surface area contributed by atoms with Crippen molar-refractivity contribution in [2.75, 3.05) is 19.6 Å². The van der Waals surface area contributed by atoms with E-state index in [1.807, 2.05) is 42.6 Å². The smallest absolute Gasteiger partial charge is 0.265 e. The van der Waals surface area contributed by atoms with Crippen LogP contribution in [0.2, 0.25) is 0 Å². The predicted molar refractivity (Wildman–Crippen MR) is 91.7 cm³/mol. The molecule has 0 spiro atoms. The molecule has 25 heavy (non-hydrogen) atoms. The fraction of sp³-hybridized carbons (Fsp3) is 0.444. The van der Waals surface area contributed by atoms with Crippen molar-refractivity contribution >= 4 is 17.2 Å². The lowest BCUT2D eigenvalue weighted by atomic mass is 9.93. The van der Waals surface area contributed by atoms with Gasteiger partial charge in [0.05, 0.1) is 13.1 Å². The van der Waals surface area contributed by atoms with Crippen molar-refractivity contribution in [2.45, 2.75) is 31.4 Å². The molecular formula is C18H19F2N3OS. The Labute approximate surface area is 149 Å². The van der Waals surface area contributed by atoms with Crippen LogP contribution in [0.15, 0.2) is 35.7 Å². The van der Waals surface area contributed by atoms with Gasteiger partial charge in [-0.05, 0) is 12.5 Å². The van der Waals surface area contributed by atoms with Crippen LogP contribution in [0.25, 0.3) is 0 Å². The maximum atomic E-state index is 15.4. The van der Waals surface area contributed by atoms with E-state index in [0.717, 1.165) is 16.3 Å². The summed E-state index contributed by atoms with van der Waals surface area (Å²) in [7, 11) is 0. The van der Waals surface area contributed by atoms with Gasteiger partial charge in [-0.25, -0.2) is 13.8 Å². The van der Waals surface area contributed by atoms with E-state index in [1.165, 1.54) is 16.2 Å². The maximum Gasteiger partial charge on any atom is 0.265 e. The zero-order chi connectivity index (χ0) is 17.7. The SMILES string of the molecule is Cc1csc(CN2C[C@]3(F)CN(Cc4ccccc4)C(=O)[C@]3(F)C2)n1. The molecule has 132 valence electrons. The second-order valence-electron chi connectivity index (χ2n) is 6.94. The molecule has 0 N–H and O–H groups in total. The highest BCUT2D eigenvalue weighted by Crippen LogP contribution is 2.46. The van der Waals surface area contributed by atoms with Crippen LogP contribution in [0.1, 0.15) is 16.3 Å². The summed E-state index contributed by atoms with van der Waals surface area (Å²) in [6.45, 7) is 2.00. The summed E-state index contributed by atoms with van der Waals surface area (Å²) in [6.07, 6.45) is 0. The number of alkyl halides is 2. The van der Waals surface area contributed by atoms with Gasteiger partial charge in [0.15, 0.2) is 5.67 Å². The summed E-state index contributed by atoms with van der Waals surface area (Å²) in [5.74, 6) is -0.739. The first kappa shape index (κ1) is 16.6. The Balaban J connectivity index is 1.49. The molecule has 1 aromatic carbocycles. The second-order valence-corrected chi connectivity index (χ2v) is 7.88. The lowest BCUT2D eigenvalue weighted by Gasteiger charge is -2.22. The normalized spacial score (nSPS) is 29.4. The number of amides is 1. The van der Waals surface area contributed by atoms with Crippen molar-refractivity contribution in [1.29, 1.82) is 0 Å². The van der Waals surface area contributed by atoms with Gasteiger partial charge < -0.3 is 4.90 Å². The molecule has 0 aliphatic carbocycles. The summed E-state index contributed by atoms with van der Waals surface area (Å²) in [4.78, 5) is 19.9. The number of aromatic nitrogens is 1. The summed E-state index contributed by atoms with van der Waals surface area (Å²) in [5, 5.41) is 2.73. The molecule has 2 fully saturated rings. The van der Waals surface area contributed by atoms with Crippen molar-refractivity contribution in [1.82, 2.24) is 14.8 Å². The molecule has 2 saturated heterocycles. The zero-order valence-electron chi connectivity index (χ0n) is 13.9. The summed E-state index contributed by atoms with van der Waals surface area (Å²) in [5.41, 5.74) is -2.85. The molecule has 2 aromatic rings. The largest absolute Gasteiger partial charge is 0.332 e. The zero-order valence-corrected chi connectivity index (χ0v) is 14.7. The quantitative estimate of drug-likeness (QED) is 0.838. The van der Waals surface area contributed by atoms with E-state index in [2.05, 4.69) is 4.98 Å². The molecule has 4 rings (SSSR count). The van der Waals surface area contributed by atoms with Crippen LogP contribution in [0.4, 0.5) is 8.78 Å². The number of nitrogens with zero attached hydrogens (tertiary/aromatic N) is 3. The number of fused-ring (bicyclic) bond motifs is 1. The lowest BCUT2D eigenvalue weighted by molar-refractivity contribution is -0.139. The number of hydrogen-bond donors (Lipinski definition) is 0. The van der Waals surface area contributed by atoms with Gasteiger partial charge in [0.1, 0.15) is 5.01 Å². The minimum atomic E-state index is -2.46. The highest BCUT2D eigenvalue weighted by atomic mass is 32.1. The molecule has 2 aliphatic rings. The first-order valence-corrected chi connectivity index (χ1v) is 9.12. The molecule has 7 heteroatoms. The molecule has 0 bridgehead atoms. The topological polar surface area (TPSA) is 36.4 Å². The van der Waals surface area contributed by atoms with E-state index in [1.54, 1.807) is 4.90 Å². The highest BCUT2D eigenvalue weighted by molar-refractivity contribution is 7.09. The maximum absolute atomic E-state index is 15.4. The number of rotatable bonds is 4. The second kappa shape index (κ2) is 5.85. The molecule has 0 unspecified atom stereocenters. The number of carbonyl (C=O) groups is 1. The molecule has 1 aromatic heterocycles. The number of hydrogen-bond acceptors (Lipinski definition) is 4. The Bertz CT molecular complexity index is 799. The first-order valence-electron chi connectivity index (χ1n) is 8.24. The van der Waals surface area contributed by atoms with Crippen LogP contribution in [0.3, 0.4) is 0 Å². The predicted octanol–water partition coefficient (Wildman–Crippen LogP) is 2.73. The fourth-order valence-corrected chi connectivity index (χ4v) is 4.57. The fourth-order valence-electron chi connectivity index (χ4n) is 3.75. The van der Waals surface area contributed by atoms with Gasteiger partial charge in [0.25, 0.3) is 5.91 Å². The summed E-state index contributed by atoms with van der Waals surface area (Å²) < 4.78 is 30.7. The van der Waals surface area contributed by atoms with Gasteiger partial charge in [0, 0.05) is 30.7 Å². The van der Waals surface area contributed by atoms with Gasteiger partial charge in [0.2, 0.25) is 5.67 Å². The molecule has 2 aliphatic heterocycles. The van der Waals surface area contributed by atoms with Gasteiger partial charge >= 0.3 is 0 Å². The molecular weight excluding hydrogens is 344 g/mol. The molecule has 1 amide bonds. The van der Waals surface area contributed by atoms with Crippen molar-refractivity contribution in [3.63, 3.8) is 0 Å². The third kappa shape index (κ3) is 2.75. The third-order valence-corrected chi connectivity index (χ3v) is 5.89. The van der Waals surface area contributed by atoms with Crippen molar-refractivity contribution in [3.05, 3.63) is 52.0 Å². The van der Waals surface area contributed by atoms with Gasteiger partial charge in [-0.2, -0.15) is 0 Å². The van der Waals surface area contributed by atoms with E-state index < -0.39 is 17.2 Å². The van der Waals surface area contributed by atoms with Crippen LogP contribution in [-0.2, 0) is 17.9 Å². The van der Waals surface area contributed by atoms with Gasteiger partial charge in [-0.3, -0.25) is 9.69 Å². The summed E-state index contributed by atoms with van der Waals surface area (Å²) in [6, 6.07) is 9.29. The van der Waals surface area contributed by atoms with E-state index >= 15 is 8.78 Å². The Morgan fingerprint density at radius 2 is 1.92 bits per heavy atom. The monoisotopic (exact) mass is 363 g/mol. The van der Waals surface area contributed by atoms with E-state index in [9.17, 15) is 4.79 Å². The average Bonchev–Trinajstić information content (AvgIpc) is 3.13. The van der Waals surface area contributed by atoms with Crippen molar-refractivity contribution in [2.24, 2.45) is 0 Å². The number of likely N-dealkylation sites (tertiary alicyclic amines) is 2. The number of benzene rings is 1. The Morgan fingerprint density at radius 3 is 2.56 bits per heavy atom. The number of carbonyl (C=O) groups excluding carboxylic acids is 1. The Morgan fingerprint density at radius 1 is 1.16 bits per heavy atom. The standard InChI is InChI=1S/C18H19F2N3OS/c1-13-9-25-15(21-13)8-22-10-17(19)11-23(16(24)18(17,20)12-22)7-14-5-3-2-4-6-14/h2-6,9H,7-8,10-12H2,1H3/t17-,18+/m0/s1. The van der Waals surface area contributed by atoms with Crippen molar-refractivity contribution < 1.29 is 13.6 Å². The van der Waals surface area contributed by atoms with Gasteiger partial charge in [-0.1, -0.05) is 30.3 Å². The number of halogens is 2. The van der Waals surface area contributed by atoms with Gasteiger partial charge in [-0.15, -0.1) is 11.3 Å². The minimum absolute atomic E-state index is 0.0842. The number of thiazole rings is 1. The van der Waals surface area contributed by atoms with Crippen molar-refractivity contribution in [3.8, 4) is 0 Å². The number of aryl methyl sites for hydroxylation is 1. The highest BCUT2D eigenvalue weighted by Gasteiger charge is 2.70. The van der Waals surface area contributed by atoms with Crippen LogP contribution >= 0.6 is 11.3 Å². The average molecular weight is 363 g/mol. The molecule has 2 atom stereocenters. The minimum Gasteiger partial charge on any atom is -0.332 e. The van der Waals surface area contributed by atoms with E-state index in [-0.39, 0.29) is 26.2 Å². The van der Waals surface area contributed by atoms with Crippen LogP contribution in [-0.4, -0.2) is 51.7 Å². The molecule has 0 saturated carbocycles. The van der Waals surface area contributed by atoms with E-state index in [4.69, 9.17) is 0 Å². The van der Waals surface area contributed by atoms with Crippen LogP contribution < -0.4 is 0 Å². The third-order valence-electron chi connectivity index (χ3n) is 4.94. The van der Waals surface area contributed by atoms with Crippen LogP contribution in [0, 0.1) is 6.92 Å². The lowest BCUT2D eigenvalue weighted by Crippen LogP contribution is -2.47. The molecule has 0 radical (unpaired) electrons. The Kier molecular flexibility index (Phi) is 3.88.